The molecule has 1 saturated heterocycles. The third-order valence-corrected chi connectivity index (χ3v) is 19.0. The second-order valence-electron chi connectivity index (χ2n) is 25.6. The van der Waals surface area contributed by atoms with Crippen LogP contribution in [0.3, 0.4) is 0 Å². The summed E-state index contributed by atoms with van der Waals surface area (Å²) in [6.45, 7) is 53.9. The van der Waals surface area contributed by atoms with Crippen molar-refractivity contribution in [3.05, 3.63) is 215 Å². The van der Waals surface area contributed by atoms with Gasteiger partial charge in [0.1, 0.15) is 0 Å². The van der Waals surface area contributed by atoms with Crippen LogP contribution >= 0.6 is 22.9 Å². The normalized spacial score (nSPS) is 20.0. The lowest BCUT2D eigenvalue weighted by atomic mass is 9.82. The van der Waals surface area contributed by atoms with Gasteiger partial charge >= 0.3 is 0 Å². The van der Waals surface area contributed by atoms with Gasteiger partial charge in [-0.3, -0.25) is 15.0 Å². The van der Waals surface area contributed by atoms with Crippen molar-refractivity contribution >= 4 is 22.9 Å². The summed E-state index contributed by atoms with van der Waals surface area (Å²) in [5.74, 6) is 7.72. The number of halogens is 1. The first-order chi connectivity index (χ1) is 40.0. The lowest BCUT2D eigenvalue weighted by Gasteiger charge is -2.24. The van der Waals surface area contributed by atoms with Crippen molar-refractivity contribution in [2.24, 2.45) is 47.3 Å². The second kappa shape index (κ2) is 43.6. The van der Waals surface area contributed by atoms with Crippen LogP contribution in [0.5, 0.6) is 0 Å². The van der Waals surface area contributed by atoms with Crippen molar-refractivity contribution in [3.8, 4) is 0 Å². The summed E-state index contributed by atoms with van der Waals surface area (Å²) in [5.41, 5.74) is 19.4. The van der Waals surface area contributed by atoms with E-state index >= 15 is 0 Å². The molecular weight excluding hydrogens is 1070 g/mol. The van der Waals surface area contributed by atoms with E-state index in [1.54, 1.807) is 11.3 Å². The molecule has 7 aromatic rings. The minimum atomic E-state index is 0.792. The highest BCUT2D eigenvalue weighted by Crippen LogP contribution is 2.36. The molecule has 8 unspecified atom stereocenters. The third kappa shape index (κ3) is 36.1. The summed E-state index contributed by atoms with van der Waals surface area (Å²) in [6.07, 6.45) is 19.2. The zero-order chi connectivity index (χ0) is 64.2. The van der Waals surface area contributed by atoms with Crippen LogP contribution in [0, 0.1) is 158 Å². The van der Waals surface area contributed by atoms with Gasteiger partial charge in [0.25, 0.3) is 0 Å². The maximum Gasteiger partial charge on any atom is 0.0495 e. The van der Waals surface area contributed by atoms with E-state index in [4.69, 9.17) is 16.3 Å². The van der Waals surface area contributed by atoms with Crippen LogP contribution in [-0.2, 0) is 4.74 Å². The maximum absolute atomic E-state index is 5.72. The number of hydrogen-bond acceptors (Lipinski definition) is 5. The first-order valence-electron chi connectivity index (χ1n) is 32.1. The van der Waals surface area contributed by atoms with Gasteiger partial charge in [-0.05, 0) is 267 Å². The van der Waals surface area contributed by atoms with Crippen LogP contribution in [0.25, 0.3) is 0 Å². The molecule has 1 aliphatic heterocycles. The summed E-state index contributed by atoms with van der Waals surface area (Å²) in [4.78, 5) is 13.6. The fourth-order valence-electron chi connectivity index (χ4n) is 8.71. The summed E-state index contributed by atoms with van der Waals surface area (Å²) < 4.78 is 5.17. The highest BCUT2D eigenvalue weighted by atomic mass is 35.5. The Morgan fingerprint density at radius 2 is 0.824 bits per heavy atom. The molecule has 4 nitrogen and oxygen atoms in total. The number of benzene rings is 3. The SMILES string of the molecule is CC1CC1C.CC1CCCC1C.CC1CCCCC1C.CC1COCC1C.Cc1ccc(C)c(C)c1.Cc1ccc(Cl)cc1C.Cc1ccccc1C.Cc1cccnc1C.Cc1ccncc1C.Cc1ccsc1C.Cc1cnc(C)c(C)c1. The summed E-state index contributed by atoms with van der Waals surface area (Å²) >= 11 is 7.52. The van der Waals surface area contributed by atoms with Crippen LogP contribution in [-0.4, -0.2) is 28.2 Å². The van der Waals surface area contributed by atoms with Gasteiger partial charge < -0.3 is 4.74 Å². The summed E-state index contributed by atoms with van der Waals surface area (Å²) in [7, 11) is 0. The van der Waals surface area contributed by atoms with Crippen LogP contribution in [0.4, 0.5) is 0 Å². The van der Waals surface area contributed by atoms with Crippen LogP contribution < -0.4 is 0 Å². The number of aryl methyl sites for hydroxylation is 16. The van der Waals surface area contributed by atoms with Crippen molar-refractivity contribution in [1.29, 1.82) is 0 Å². The fourth-order valence-corrected chi connectivity index (χ4v) is 9.66. The van der Waals surface area contributed by atoms with E-state index in [-0.39, 0.29) is 0 Å². The molecule has 6 heteroatoms. The van der Waals surface area contributed by atoms with E-state index < -0.39 is 0 Å². The number of nitrogens with zero attached hydrogens (tertiary/aromatic N) is 3. The first kappa shape index (κ1) is 78.1. The number of hydrogen-bond donors (Lipinski definition) is 0. The van der Waals surface area contributed by atoms with E-state index in [1.165, 1.54) is 129 Å². The van der Waals surface area contributed by atoms with Crippen molar-refractivity contribution < 1.29 is 4.74 Å². The summed E-state index contributed by atoms with van der Waals surface area (Å²) in [6, 6.07) is 31.1. The Hall–Kier alpha value is -4.94. The molecule has 4 fully saturated rings. The van der Waals surface area contributed by atoms with E-state index in [9.17, 15) is 0 Å². The number of thiophene rings is 1. The molecular formula is C79H120ClN3OS. The van der Waals surface area contributed by atoms with Gasteiger partial charge in [0.05, 0.1) is 0 Å². The smallest absolute Gasteiger partial charge is 0.0495 e. The molecule has 0 spiro atoms. The highest BCUT2D eigenvalue weighted by molar-refractivity contribution is 7.10. The van der Waals surface area contributed by atoms with Gasteiger partial charge in [-0.25, -0.2) is 0 Å². The molecule has 85 heavy (non-hydrogen) atoms. The van der Waals surface area contributed by atoms with Crippen molar-refractivity contribution in [1.82, 2.24) is 15.0 Å². The van der Waals surface area contributed by atoms with Crippen LogP contribution in [0.1, 0.15) is 195 Å². The Bertz CT molecular complexity index is 2520. The largest absolute Gasteiger partial charge is 0.381 e. The lowest BCUT2D eigenvalue weighted by Crippen LogP contribution is -2.12. The van der Waals surface area contributed by atoms with Crippen molar-refractivity contribution in [3.63, 3.8) is 0 Å². The standard InChI is InChI=1S/C9H12.C8H9Cl.C8H11N.C8H16.C8H10.2C7H9N.C7H14.C6H12O.C6H8S.C5H10/c1-7-4-5-8(2)9(3)6-7;1-6-3-4-8(9)5-7(6)2;1-6-4-7(2)8(3)9-5-6;2*1-7-5-3-4-6-8(7)2;1-6-3-4-8-5-7(6)2;1-6-4-3-5-8-7(6)2;1-6-4-3-5-7(6)2;1-5-3-7-4-6(5)2;1-5-3-4-7-6(5)2;1-4-3-5(4)2/h4-6H,1-3H3;3-5H,1-2H3;4-5H,1-3H3;7-8H,3-6H2,1-2H3;3-6H,1-2H3;2*3-5H,1-2H3;6-7H,3-5H2,1-2H3;5-6H,3-4H2,1-2H3;3-4H,1-2H3;4-5H,3H2,1-2H3. The van der Waals surface area contributed by atoms with Crippen molar-refractivity contribution in [2.75, 3.05) is 13.2 Å². The Morgan fingerprint density at radius 3 is 1.11 bits per heavy atom. The zero-order valence-electron chi connectivity index (χ0n) is 58.3. The molecule has 0 bridgehead atoms. The molecule has 0 radical (unpaired) electrons. The number of rotatable bonds is 0. The molecule has 5 heterocycles. The molecule has 3 aromatic carbocycles. The van der Waals surface area contributed by atoms with Gasteiger partial charge in [0.15, 0.2) is 0 Å². The van der Waals surface area contributed by atoms with Gasteiger partial charge in [0.2, 0.25) is 0 Å². The molecule has 8 atom stereocenters. The Labute approximate surface area is 532 Å². The van der Waals surface area contributed by atoms with Gasteiger partial charge in [-0.2, -0.15) is 0 Å². The quantitative estimate of drug-likeness (QED) is 0.152. The third-order valence-electron chi connectivity index (χ3n) is 17.8. The summed E-state index contributed by atoms with van der Waals surface area (Å²) in [5, 5.41) is 2.93. The molecule has 0 amide bonds. The predicted molar refractivity (Wildman–Crippen MR) is 378 cm³/mol. The Kier molecular flexibility index (Phi) is 40.1. The van der Waals surface area contributed by atoms with Gasteiger partial charge in [-0.15, -0.1) is 11.3 Å². The topological polar surface area (TPSA) is 47.9 Å². The second-order valence-corrected chi connectivity index (χ2v) is 27.2. The monoisotopic (exact) mass is 1190 g/mol. The minimum absolute atomic E-state index is 0.792. The van der Waals surface area contributed by atoms with E-state index in [2.05, 4.69) is 233 Å². The molecule has 11 rings (SSSR count). The van der Waals surface area contributed by atoms with Crippen LogP contribution in [0.15, 0.2) is 121 Å². The molecule has 0 N–H and O–H groups in total. The van der Waals surface area contributed by atoms with Gasteiger partial charge in [-0.1, -0.05) is 178 Å². The van der Waals surface area contributed by atoms with E-state index in [1.807, 2.05) is 69.0 Å². The molecule has 4 aliphatic rings. The fraction of sp³-hybridized carbons (Fsp3) is 0.532. The maximum atomic E-state index is 5.72. The number of pyridine rings is 3. The minimum Gasteiger partial charge on any atom is -0.381 e. The van der Waals surface area contributed by atoms with Crippen LogP contribution in [0.2, 0.25) is 5.02 Å². The number of aromatic nitrogens is 3. The van der Waals surface area contributed by atoms with E-state index in [0.717, 1.165) is 77.0 Å². The van der Waals surface area contributed by atoms with E-state index in [0.29, 0.717) is 0 Å². The molecule has 3 saturated carbocycles. The molecule has 4 aromatic heterocycles. The molecule has 470 valence electrons. The Morgan fingerprint density at radius 1 is 0.376 bits per heavy atom. The average molecular weight is 1200 g/mol. The molecule has 3 aliphatic carbocycles. The van der Waals surface area contributed by atoms with Crippen molar-refractivity contribution in [2.45, 2.75) is 218 Å². The van der Waals surface area contributed by atoms with Gasteiger partial charge in [0, 0.05) is 59.3 Å². The highest BCUT2D eigenvalue weighted by Gasteiger charge is 2.26. The first-order valence-corrected chi connectivity index (χ1v) is 33.3. The predicted octanol–water partition coefficient (Wildman–Crippen LogP) is 23.9. The Balaban J connectivity index is 0.000000469. The number of ether oxygens (including phenoxy) is 1. The lowest BCUT2D eigenvalue weighted by molar-refractivity contribution is 0.183. The zero-order valence-corrected chi connectivity index (χ0v) is 59.8. The average Bonchev–Trinajstić information content (AvgIpc) is 3.78.